The normalized spacial score (nSPS) is 20.0. The Morgan fingerprint density at radius 2 is 1.83 bits per heavy atom. The summed E-state index contributed by atoms with van der Waals surface area (Å²) in [5, 5.41) is 9.08. The molecule has 0 heterocycles. The van der Waals surface area contributed by atoms with E-state index in [1.54, 1.807) is 0 Å². The minimum atomic E-state index is -0.365. The SMILES string of the molecule is N#CCC(Cl)(Cc1ccccc1)C1CCCCC1. The zero-order chi connectivity index (χ0) is 12.8. The maximum atomic E-state index is 9.08. The van der Waals surface area contributed by atoms with Crippen LogP contribution >= 0.6 is 11.6 Å². The molecule has 96 valence electrons. The average Bonchev–Trinajstić information content (AvgIpc) is 2.41. The maximum Gasteiger partial charge on any atom is 0.0644 e. The van der Waals surface area contributed by atoms with Gasteiger partial charge in [-0.1, -0.05) is 49.6 Å². The molecule has 0 amide bonds. The number of hydrogen-bond acceptors (Lipinski definition) is 1. The summed E-state index contributed by atoms with van der Waals surface area (Å²) in [4.78, 5) is -0.365. The second-order valence-electron chi connectivity index (χ2n) is 5.37. The van der Waals surface area contributed by atoms with Crippen LogP contribution in [0.1, 0.15) is 44.1 Å². The second kappa shape index (κ2) is 6.25. The van der Waals surface area contributed by atoms with Crippen molar-refractivity contribution >= 4 is 11.6 Å². The van der Waals surface area contributed by atoms with Crippen LogP contribution in [0.4, 0.5) is 0 Å². The van der Waals surface area contributed by atoms with Crippen LogP contribution in [0.15, 0.2) is 30.3 Å². The molecule has 0 aliphatic heterocycles. The van der Waals surface area contributed by atoms with Gasteiger partial charge < -0.3 is 0 Å². The number of nitriles is 1. The predicted octanol–water partition coefficient (Wildman–Crippen LogP) is 4.70. The zero-order valence-electron chi connectivity index (χ0n) is 10.7. The molecule has 0 spiro atoms. The van der Waals surface area contributed by atoms with E-state index >= 15 is 0 Å². The Labute approximate surface area is 115 Å². The first-order valence-electron chi connectivity index (χ1n) is 6.84. The highest BCUT2D eigenvalue weighted by Gasteiger charge is 2.37. The zero-order valence-corrected chi connectivity index (χ0v) is 11.5. The summed E-state index contributed by atoms with van der Waals surface area (Å²) >= 11 is 6.83. The van der Waals surface area contributed by atoms with Crippen LogP contribution in [0.2, 0.25) is 0 Å². The molecular weight excluding hydrogens is 242 g/mol. The van der Waals surface area contributed by atoms with Crippen molar-refractivity contribution in [2.75, 3.05) is 0 Å². The minimum Gasteiger partial charge on any atom is -0.198 e. The molecule has 1 nitrogen and oxygen atoms in total. The van der Waals surface area contributed by atoms with Crippen molar-refractivity contribution in [1.29, 1.82) is 5.26 Å². The molecule has 18 heavy (non-hydrogen) atoms. The molecule has 1 unspecified atom stereocenters. The smallest absolute Gasteiger partial charge is 0.0644 e. The van der Waals surface area contributed by atoms with Gasteiger partial charge in [0.15, 0.2) is 0 Å². The lowest BCUT2D eigenvalue weighted by Crippen LogP contribution is -2.35. The first-order chi connectivity index (χ1) is 8.74. The Hall–Kier alpha value is -1.00. The molecule has 1 aromatic carbocycles. The number of alkyl halides is 1. The van der Waals surface area contributed by atoms with Crippen LogP contribution < -0.4 is 0 Å². The summed E-state index contributed by atoms with van der Waals surface area (Å²) < 4.78 is 0. The van der Waals surface area contributed by atoms with E-state index in [4.69, 9.17) is 16.9 Å². The molecule has 1 atom stereocenters. The van der Waals surface area contributed by atoms with Crippen LogP contribution in [0, 0.1) is 17.2 Å². The number of nitrogens with zero attached hydrogens (tertiary/aromatic N) is 1. The van der Waals surface area contributed by atoms with E-state index in [9.17, 15) is 0 Å². The van der Waals surface area contributed by atoms with Gasteiger partial charge in [0, 0.05) is 0 Å². The summed E-state index contributed by atoms with van der Waals surface area (Å²) in [7, 11) is 0. The highest BCUT2D eigenvalue weighted by Crippen LogP contribution is 2.41. The number of halogens is 1. The molecule has 0 bridgehead atoms. The van der Waals surface area contributed by atoms with E-state index < -0.39 is 0 Å². The molecule has 0 N–H and O–H groups in total. The van der Waals surface area contributed by atoms with Crippen molar-refractivity contribution in [2.24, 2.45) is 5.92 Å². The van der Waals surface area contributed by atoms with Gasteiger partial charge >= 0.3 is 0 Å². The molecular formula is C16H20ClN. The van der Waals surface area contributed by atoms with Crippen LogP contribution in [-0.2, 0) is 6.42 Å². The Morgan fingerprint density at radius 3 is 2.44 bits per heavy atom. The first kappa shape index (κ1) is 13.4. The van der Waals surface area contributed by atoms with Gasteiger partial charge in [-0.05, 0) is 30.7 Å². The molecule has 1 aliphatic rings. The van der Waals surface area contributed by atoms with E-state index in [1.165, 1.54) is 37.7 Å². The standard InChI is InChI=1S/C16H20ClN/c17-16(11-12-18,15-9-5-2-6-10-15)13-14-7-3-1-4-8-14/h1,3-4,7-8,15H,2,5-6,9-11,13H2. The van der Waals surface area contributed by atoms with Crippen molar-refractivity contribution in [3.8, 4) is 6.07 Å². The predicted molar refractivity (Wildman–Crippen MR) is 75.5 cm³/mol. The summed E-state index contributed by atoms with van der Waals surface area (Å²) in [6, 6.07) is 12.6. The molecule has 2 rings (SSSR count). The van der Waals surface area contributed by atoms with E-state index in [0.29, 0.717) is 12.3 Å². The Morgan fingerprint density at radius 1 is 1.17 bits per heavy atom. The van der Waals surface area contributed by atoms with Gasteiger partial charge in [0.2, 0.25) is 0 Å². The van der Waals surface area contributed by atoms with Crippen molar-refractivity contribution in [3.63, 3.8) is 0 Å². The van der Waals surface area contributed by atoms with Crippen LogP contribution in [0.5, 0.6) is 0 Å². The van der Waals surface area contributed by atoms with Gasteiger partial charge in [-0.2, -0.15) is 5.26 Å². The van der Waals surface area contributed by atoms with Crippen LogP contribution in [-0.4, -0.2) is 4.87 Å². The van der Waals surface area contributed by atoms with E-state index in [2.05, 4.69) is 18.2 Å². The van der Waals surface area contributed by atoms with Crippen LogP contribution in [0.25, 0.3) is 0 Å². The molecule has 2 heteroatoms. The number of hydrogen-bond donors (Lipinski definition) is 0. The number of benzene rings is 1. The van der Waals surface area contributed by atoms with Crippen molar-refractivity contribution in [1.82, 2.24) is 0 Å². The van der Waals surface area contributed by atoms with Crippen LogP contribution in [0.3, 0.4) is 0 Å². The van der Waals surface area contributed by atoms with Crippen molar-refractivity contribution < 1.29 is 0 Å². The van der Waals surface area contributed by atoms with Gasteiger partial charge in [-0.3, -0.25) is 0 Å². The third-order valence-corrected chi connectivity index (χ3v) is 4.63. The lowest BCUT2D eigenvalue weighted by Gasteiger charge is -2.36. The van der Waals surface area contributed by atoms with E-state index in [1.807, 2.05) is 18.2 Å². The Bertz CT molecular complexity index is 403. The summed E-state index contributed by atoms with van der Waals surface area (Å²) in [5.74, 6) is 0.493. The van der Waals surface area contributed by atoms with Gasteiger partial charge in [-0.25, -0.2) is 0 Å². The van der Waals surface area contributed by atoms with Crippen molar-refractivity contribution in [2.45, 2.75) is 49.8 Å². The third-order valence-electron chi connectivity index (χ3n) is 4.05. The lowest BCUT2D eigenvalue weighted by molar-refractivity contribution is 0.272. The first-order valence-corrected chi connectivity index (χ1v) is 7.22. The third kappa shape index (κ3) is 3.27. The van der Waals surface area contributed by atoms with Gasteiger partial charge in [0.05, 0.1) is 17.4 Å². The topological polar surface area (TPSA) is 23.8 Å². The lowest BCUT2D eigenvalue weighted by atomic mass is 9.75. The molecule has 1 aliphatic carbocycles. The maximum absolute atomic E-state index is 9.08. The summed E-state index contributed by atoms with van der Waals surface area (Å²) in [5.41, 5.74) is 1.24. The Kier molecular flexibility index (Phi) is 4.66. The summed E-state index contributed by atoms with van der Waals surface area (Å²) in [6.45, 7) is 0. The van der Waals surface area contributed by atoms with Gasteiger partial charge in [0.1, 0.15) is 0 Å². The average molecular weight is 262 g/mol. The molecule has 0 radical (unpaired) electrons. The fourth-order valence-electron chi connectivity index (χ4n) is 3.04. The molecule has 0 saturated heterocycles. The van der Waals surface area contributed by atoms with Gasteiger partial charge in [0.25, 0.3) is 0 Å². The van der Waals surface area contributed by atoms with Crippen molar-refractivity contribution in [3.05, 3.63) is 35.9 Å². The molecule has 1 saturated carbocycles. The fraction of sp³-hybridized carbons (Fsp3) is 0.562. The quantitative estimate of drug-likeness (QED) is 0.721. The monoisotopic (exact) mass is 261 g/mol. The molecule has 0 aromatic heterocycles. The molecule has 1 aromatic rings. The fourth-order valence-corrected chi connectivity index (χ4v) is 3.47. The second-order valence-corrected chi connectivity index (χ2v) is 6.12. The minimum absolute atomic E-state index is 0.365. The largest absolute Gasteiger partial charge is 0.198 e. The Balaban J connectivity index is 2.13. The van der Waals surface area contributed by atoms with E-state index in [-0.39, 0.29) is 4.87 Å². The summed E-state index contributed by atoms with van der Waals surface area (Å²) in [6.07, 6.45) is 7.47. The number of rotatable bonds is 4. The molecule has 1 fully saturated rings. The van der Waals surface area contributed by atoms with Gasteiger partial charge in [-0.15, -0.1) is 11.6 Å². The highest BCUT2D eigenvalue weighted by molar-refractivity contribution is 6.24. The highest BCUT2D eigenvalue weighted by atomic mass is 35.5. The van der Waals surface area contributed by atoms with E-state index in [0.717, 1.165) is 6.42 Å².